The van der Waals surface area contributed by atoms with E-state index in [9.17, 15) is 24.9 Å². The van der Waals surface area contributed by atoms with Crippen LogP contribution >= 0.6 is 0 Å². The van der Waals surface area contributed by atoms with E-state index in [0.29, 0.717) is 5.56 Å². The number of nitrogens with one attached hydrogen (secondary N) is 2. The lowest BCUT2D eigenvalue weighted by molar-refractivity contribution is -0.0230. The Hall–Kier alpha value is -2.26. The van der Waals surface area contributed by atoms with E-state index < -0.39 is 42.3 Å². The minimum Gasteiger partial charge on any atom is -0.394 e. The van der Waals surface area contributed by atoms with Gasteiger partial charge in [0, 0.05) is 0 Å². The second-order valence-electron chi connectivity index (χ2n) is 5.32. The van der Waals surface area contributed by atoms with Crippen LogP contribution in [0.2, 0.25) is 0 Å². The van der Waals surface area contributed by atoms with Crippen LogP contribution in [0.1, 0.15) is 11.7 Å². The van der Waals surface area contributed by atoms with Crippen LogP contribution in [0.4, 0.5) is 0 Å². The number of hydrogen-bond donors (Lipinski definition) is 5. The predicted octanol–water partition coefficient (Wildman–Crippen LogP) is -1.12. The molecular formula is C15H16N2O6. The standard InChI is InChI=1S/C15H16N2O6/c18-6-8-11(19)12(20)13(23-8)9-10(7-4-2-1-3-5-7)16-15(22)17-14(9)21/h1-5,8,11-13,18-20H,6H2,(H2,16,17,21,22)/t8-,11-,12-,13+/m1/s1. The van der Waals surface area contributed by atoms with Crippen LogP contribution < -0.4 is 11.2 Å². The molecule has 122 valence electrons. The molecule has 0 bridgehead atoms. The molecule has 8 heteroatoms. The van der Waals surface area contributed by atoms with Crippen molar-refractivity contribution in [1.29, 1.82) is 0 Å². The third-order valence-corrected chi connectivity index (χ3v) is 3.87. The Balaban J connectivity index is 2.17. The van der Waals surface area contributed by atoms with Gasteiger partial charge in [0.15, 0.2) is 0 Å². The van der Waals surface area contributed by atoms with Gasteiger partial charge in [-0.15, -0.1) is 0 Å². The topological polar surface area (TPSA) is 136 Å². The van der Waals surface area contributed by atoms with Crippen LogP contribution in [0.15, 0.2) is 39.9 Å². The average molecular weight is 320 g/mol. The maximum Gasteiger partial charge on any atom is 0.326 e. The van der Waals surface area contributed by atoms with Gasteiger partial charge in [-0.25, -0.2) is 4.79 Å². The van der Waals surface area contributed by atoms with E-state index in [1.165, 1.54) is 0 Å². The zero-order valence-corrected chi connectivity index (χ0v) is 12.0. The highest BCUT2D eigenvalue weighted by Crippen LogP contribution is 2.35. The Labute approximate surface area is 130 Å². The number of aromatic nitrogens is 2. The fourth-order valence-electron chi connectivity index (χ4n) is 2.74. The lowest BCUT2D eigenvalue weighted by atomic mass is 9.98. The second-order valence-corrected chi connectivity index (χ2v) is 5.32. The van der Waals surface area contributed by atoms with Gasteiger partial charge in [-0.05, 0) is 5.56 Å². The molecular weight excluding hydrogens is 304 g/mol. The first-order valence-electron chi connectivity index (χ1n) is 7.07. The first-order valence-corrected chi connectivity index (χ1v) is 7.07. The van der Waals surface area contributed by atoms with E-state index >= 15 is 0 Å². The minimum absolute atomic E-state index is 0.00157. The molecule has 0 aliphatic carbocycles. The van der Waals surface area contributed by atoms with Crippen LogP contribution in [0.25, 0.3) is 11.3 Å². The number of H-pyrrole nitrogens is 2. The molecule has 5 N–H and O–H groups in total. The lowest BCUT2D eigenvalue weighted by Crippen LogP contribution is -2.34. The normalized spacial score (nSPS) is 27.3. The zero-order valence-electron chi connectivity index (χ0n) is 12.0. The predicted molar refractivity (Wildman–Crippen MR) is 79.8 cm³/mol. The van der Waals surface area contributed by atoms with E-state index in [4.69, 9.17) is 4.74 Å². The van der Waals surface area contributed by atoms with E-state index in [1.54, 1.807) is 30.3 Å². The molecule has 1 fully saturated rings. The molecule has 0 radical (unpaired) electrons. The van der Waals surface area contributed by atoms with Gasteiger partial charge in [0.05, 0.1) is 17.9 Å². The highest BCUT2D eigenvalue weighted by molar-refractivity contribution is 5.63. The Bertz CT molecular complexity index is 800. The summed E-state index contributed by atoms with van der Waals surface area (Å²) in [6.45, 7) is -0.503. The number of aliphatic hydroxyl groups is 3. The summed E-state index contributed by atoms with van der Waals surface area (Å²) in [7, 11) is 0. The molecule has 8 nitrogen and oxygen atoms in total. The van der Waals surface area contributed by atoms with Crippen molar-refractivity contribution < 1.29 is 20.1 Å². The molecule has 3 rings (SSSR count). The van der Waals surface area contributed by atoms with Gasteiger partial charge in [-0.3, -0.25) is 9.78 Å². The molecule has 0 saturated carbocycles. The lowest BCUT2D eigenvalue weighted by Gasteiger charge is -2.17. The van der Waals surface area contributed by atoms with Crippen LogP contribution in [0.5, 0.6) is 0 Å². The van der Waals surface area contributed by atoms with Gasteiger partial charge in [-0.1, -0.05) is 30.3 Å². The van der Waals surface area contributed by atoms with Crippen molar-refractivity contribution in [1.82, 2.24) is 9.97 Å². The summed E-state index contributed by atoms with van der Waals surface area (Å²) in [5, 5.41) is 29.2. The Morgan fingerprint density at radius 2 is 1.74 bits per heavy atom. The van der Waals surface area contributed by atoms with Crippen molar-refractivity contribution in [2.45, 2.75) is 24.4 Å². The number of benzene rings is 1. The molecule has 1 saturated heterocycles. The monoisotopic (exact) mass is 320 g/mol. The van der Waals surface area contributed by atoms with Crippen LogP contribution in [-0.2, 0) is 4.74 Å². The van der Waals surface area contributed by atoms with Crippen LogP contribution in [0, 0.1) is 0 Å². The number of aromatic amines is 2. The van der Waals surface area contributed by atoms with Gasteiger partial charge in [0.1, 0.15) is 24.4 Å². The molecule has 1 aliphatic heterocycles. The summed E-state index contributed by atoms with van der Waals surface area (Å²) in [6.07, 6.45) is -4.91. The Morgan fingerprint density at radius 3 is 2.35 bits per heavy atom. The Morgan fingerprint density at radius 1 is 1.04 bits per heavy atom. The number of aliphatic hydroxyl groups excluding tert-OH is 3. The SMILES string of the molecule is O=c1[nH]c(-c2ccccc2)c([C@@H]2O[C@H](CO)[C@@H](O)[C@H]2O)c(=O)[nH]1. The molecule has 0 amide bonds. The summed E-state index contributed by atoms with van der Waals surface area (Å²) < 4.78 is 5.41. The van der Waals surface area contributed by atoms with E-state index in [-0.39, 0.29) is 11.3 Å². The molecule has 1 aromatic heterocycles. The summed E-state index contributed by atoms with van der Waals surface area (Å²) in [5.74, 6) is 0. The number of rotatable bonds is 3. The molecule has 0 unspecified atom stereocenters. The molecule has 1 aliphatic rings. The van der Waals surface area contributed by atoms with Crippen molar-refractivity contribution in [3.63, 3.8) is 0 Å². The molecule has 23 heavy (non-hydrogen) atoms. The maximum absolute atomic E-state index is 12.3. The number of ether oxygens (including phenoxy) is 1. The molecule has 2 aromatic rings. The quantitative estimate of drug-likeness (QED) is 0.486. The average Bonchev–Trinajstić information content (AvgIpc) is 2.83. The molecule has 2 heterocycles. The van der Waals surface area contributed by atoms with Crippen molar-refractivity contribution in [2.75, 3.05) is 6.61 Å². The highest BCUT2D eigenvalue weighted by Gasteiger charge is 2.45. The van der Waals surface area contributed by atoms with E-state index in [0.717, 1.165) is 0 Å². The molecule has 4 atom stereocenters. The van der Waals surface area contributed by atoms with Gasteiger partial charge in [0.2, 0.25) is 0 Å². The van der Waals surface area contributed by atoms with E-state index in [2.05, 4.69) is 9.97 Å². The first kappa shape index (κ1) is 15.6. The molecule has 0 spiro atoms. The summed E-state index contributed by atoms with van der Waals surface area (Å²) >= 11 is 0. The fraction of sp³-hybridized carbons (Fsp3) is 0.333. The van der Waals surface area contributed by atoms with Crippen molar-refractivity contribution in [3.8, 4) is 11.3 Å². The van der Waals surface area contributed by atoms with Gasteiger partial charge >= 0.3 is 5.69 Å². The van der Waals surface area contributed by atoms with Gasteiger partial charge in [-0.2, -0.15) is 0 Å². The van der Waals surface area contributed by atoms with Crippen molar-refractivity contribution >= 4 is 0 Å². The summed E-state index contributed by atoms with van der Waals surface area (Å²) in [5.41, 5.74) is -0.650. The highest BCUT2D eigenvalue weighted by atomic mass is 16.6. The fourth-order valence-corrected chi connectivity index (χ4v) is 2.74. The minimum atomic E-state index is -1.40. The zero-order chi connectivity index (χ0) is 16.6. The summed E-state index contributed by atoms with van der Waals surface area (Å²) in [6, 6.07) is 8.62. The maximum atomic E-state index is 12.3. The third kappa shape index (κ3) is 2.73. The molecule has 1 aromatic carbocycles. The van der Waals surface area contributed by atoms with Gasteiger partial charge in [0.25, 0.3) is 5.56 Å². The van der Waals surface area contributed by atoms with Crippen LogP contribution in [0.3, 0.4) is 0 Å². The Kier molecular flexibility index (Phi) is 4.14. The van der Waals surface area contributed by atoms with Gasteiger partial charge < -0.3 is 25.0 Å². The van der Waals surface area contributed by atoms with Crippen LogP contribution in [-0.4, -0.2) is 50.2 Å². The van der Waals surface area contributed by atoms with Crippen molar-refractivity contribution in [2.24, 2.45) is 0 Å². The first-order chi connectivity index (χ1) is 11.0. The largest absolute Gasteiger partial charge is 0.394 e. The summed E-state index contributed by atoms with van der Waals surface area (Å²) in [4.78, 5) is 28.5. The van der Waals surface area contributed by atoms with Crippen molar-refractivity contribution in [3.05, 3.63) is 56.7 Å². The third-order valence-electron chi connectivity index (χ3n) is 3.87. The second kappa shape index (κ2) is 6.09. The smallest absolute Gasteiger partial charge is 0.326 e. The van der Waals surface area contributed by atoms with E-state index in [1.807, 2.05) is 0 Å². The number of hydrogen-bond acceptors (Lipinski definition) is 6.